The number of methoxy groups -OCH3 is 1. The van der Waals surface area contributed by atoms with Crippen molar-refractivity contribution in [3.63, 3.8) is 0 Å². The van der Waals surface area contributed by atoms with Crippen molar-refractivity contribution >= 4 is 17.5 Å². The van der Waals surface area contributed by atoms with E-state index in [1.165, 1.54) is 24.3 Å². The third-order valence-corrected chi connectivity index (χ3v) is 4.27. The molecule has 0 aromatic heterocycles. The van der Waals surface area contributed by atoms with Crippen LogP contribution < -0.4 is 10.1 Å². The van der Waals surface area contributed by atoms with Crippen molar-refractivity contribution in [1.82, 2.24) is 4.90 Å². The molecule has 0 saturated carbocycles. The maximum Gasteiger partial charge on any atom is 0.254 e. The molecule has 2 aromatic rings. The van der Waals surface area contributed by atoms with Crippen LogP contribution in [0.15, 0.2) is 48.5 Å². The van der Waals surface area contributed by atoms with Gasteiger partial charge in [0.1, 0.15) is 17.6 Å². The lowest BCUT2D eigenvalue weighted by Crippen LogP contribution is -2.43. The lowest BCUT2D eigenvalue weighted by Gasteiger charge is -2.24. The summed E-state index contributed by atoms with van der Waals surface area (Å²) in [5, 5.41) is 2.83. The van der Waals surface area contributed by atoms with Gasteiger partial charge in [0.2, 0.25) is 5.91 Å². The van der Waals surface area contributed by atoms with Gasteiger partial charge in [0, 0.05) is 17.8 Å². The highest BCUT2D eigenvalue weighted by Gasteiger charge is 2.34. The third-order valence-electron chi connectivity index (χ3n) is 4.27. The molecule has 2 aromatic carbocycles. The minimum Gasteiger partial charge on any atom is -0.497 e. The van der Waals surface area contributed by atoms with Gasteiger partial charge in [-0.15, -0.1) is 0 Å². The van der Waals surface area contributed by atoms with Crippen LogP contribution in [-0.4, -0.2) is 36.4 Å². The Morgan fingerprint density at radius 2 is 1.80 bits per heavy atom. The van der Waals surface area contributed by atoms with Gasteiger partial charge in [-0.3, -0.25) is 9.59 Å². The van der Waals surface area contributed by atoms with Crippen LogP contribution in [0.1, 0.15) is 23.2 Å². The molecule has 130 valence electrons. The summed E-state index contributed by atoms with van der Waals surface area (Å²) in [5.74, 6) is -0.177. The van der Waals surface area contributed by atoms with Crippen LogP contribution in [0.2, 0.25) is 0 Å². The van der Waals surface area contributed by atoms with E-state index in [2.05, 4.69) is 5.32 Å². The molecule has 0 bridgehead atoms. The average Bonchev–Trinajstić information content (AvgIpc) is 3.12. The van der Waals surface area contributed by atoms with E-state index in [4.69, 9.17) is 4.74 Å². The SMILES string of the molecule is COc1ccc(NC(=O)[C@H]2CCCN2C(=O)c2ccc(F)cc2)cc1. The molecule has 1 aliphatic rings. The first kappa shape index (κ1) is 17.0. The van der Waals surface area contributed by atoms with Crippen LogP contribution >= 0.6 is 0 Å². The number of benzene rings is 2. The van der Waals surface area contributed by atoms with E-state index in [1.807, 2.05) is 0 Å². The Kier molecular flexibility index (Phi) is 4.97. The summed E-state index contributed by atoms with van der Waals surface area (Å²) in [7, 11) is 1.57. The lowest BCUT2D eigenvalue weighted by atomic mass is 10.1. The van der Waals surface area contributed by atoms with Crippen molar-refractivity contribution in [2.75, 3.05) is 19.0 Å². The predicted octanol–water partition coefficient (Wildman–Crippen LogP) is 3.08. The molecule has 3 rings (SSSR count). The topological polar surface area (TPSA) is 58.6 Å². The first-order valence-corrected chi connectivity index (χ1v) is 8.10. The number of ether oxygens (including phenoxy) is 1. The van der Waals surface area contributed by atoms with Crippen molar-refractivity contribution in [3.8, 4) is 5.75 Å². The predicted molar refractivity (Wildman–Crippen MR) is 92.1 cm³/mol. The molecule has 0 spiro atoms. The Labute approximate surface area is 145 Å². The smallest absolute Gasteiger partial charge is 0.254 e. The molecule has 1 aliphatic heterocycles. The summed E-state index contributed by atoms with van der Waals surface area (Å²) in [5.41, 5.74) is 1.03. The van der Waals surface area contributed by atoms with Crippen LogP contribution in [0, 0.1) is 5.82 Å². The van der Waals surface area contributed by atoms with E-state index in [0.717, 1.165) is 6.42 Å². The molecule has 25 heavy (non-hydrogen) atoms. The van der Waals surface area contributed by atoms with Crippen LogP contribution in [-0.2, 0) is 4.79 Å². The van der Waals surface area contributed by atoms with Crippen LogP contribution in [0.5, 0.6) is 5.75 Å². The number of carbonyl (C=O) groups is 2. The van der Waals surface area contributed by atoms with Gasteiger partial charge >= 0.3 is 0 Å². The number of hydrogen-bond donors (Lipinski definition) is 1. The van der Waals surface area contributed by atoms with Gasteiger partial charge in [-0.2, -0.15) is 0 Å². The molecule has 1 fully saturated rings. The number of anilines is 1. The fourth-order valence-corrected chi connectivity index (χ4v) is 2.94. The first-order chi connectivity index (χ1) is 12.1. The van der Waals surface area contributed by atoms with E-state index in [-0.39, 0.29) is 11.8 Å². The third kappa shape index (κ3) is 3.79. The molecule has 5 nitrogen and oxygen atoms in total. The van der Waals surface area contributed by atoms with E-state index in [0.29, 0.717) is 30.0 Å². The molecule has 6 heteroatoms. The molecule has 2 amide bonds. The zero-order valence-electron chi connectivity index (χ0n) is 13.9. The average molecular weight is 342 g/mol. The Hall–Kier alpha value is -2.89. The molecule has 1 heterocycles. The van der Waals surface area contributed by atoms with Gasteiger partial charge in [-0.1, -0.05) is 0 Å². The summed E-state index contributed by atoms with van der Waals surface area (Å²) in [6.07, 6.45) is 1.36. The van der Waals surface area contributed by atoms with Crippen LogP contribution in [0.25, 0.3) is 0 Å². The highest BCUT2D eigenvalue weighted by Crippen LogP contribution is 2.22. The molecule has 1 N–H and O–H groups in total. The molecule has 1 saturated heterocycles. The fraction of sp³-hybridized carbons (Fsp3) is 0.263. The van der Waals surface area contributed by atoms with E-state index in [1.54, 1.807) is 36.3 Å². The van der Waals surface area contributed by atoms with Gasteiger partial charge in [-0.25, -0.2) is 4.39 Å². The standard InChI is InChI=1S/C19H19FN2O3/c1-25-16-10-8-15(9-11-16)21-18(23)17-3-2-12-22(17)19(24)13-4-6-14(20)7-5-13/h4-11,17H,2-3,12H2,1H3,(H,21,23)/t17-/m1/s1. The minimum atomic E-state index is -0.528. The highest BCUT2D eigenvalue weighted by atomic mass is 19.1. The van der Waals surface area contributed by atoms with Gasteiger partial charge in [0.25, 0.3) is 5.91 Å². The summed E-state index contributed by atoms with van der Waals surface area (Å²) in [6.45, 7) is 0.511. The van der Waals surface area contributed by atoms with Gasteiger partial charge in [0.05, 0.1) is 7.11 Å². The number of halogens is 1. The number of nitrogens with zero attached hydrogens (tertiary/aromatic N) is 1. The molecule has 0 radical (unpaired) electrons. The number of rotatable bonds is 4. The molecule has 1 atom stereocenters. The second kappa shape index (κ2) is 7.34. The lowest BCUT2D eigenvalue weighted by molar-refractivity contribution is -0.119. The largest absolute Gasteiger partial charge is 0.497 e. The Morgan fingerprint density at radius 3 is 2.44 bits per heavy atom. The molecular weight excluding hydrogens is 323 g/mol. The normalized spacial score (nSPS) is 16.6. The summed E-state index contributed by atoms with van der Waals surface area (Å²) in [6, 6.07) is 11.8. The number of nitrogens with one attached hydrogen (secondary N) is 1. The fourth-order valence-electron chi connectivity index (χ4n) is 2.94. The van der Waals surface area contributed by atoms with Crippen LogP contribution in [0.4, 0.5) is 10.1 Å². The summed E-state index contributed by atoms with van der Waals surface area (Å²) >= 11 is 0. The number of amides is 2. The molecular formula is C19H19FN2O3. The van der Waals surface area contributed by atoms with Crippen LogP contribution in [0.3, 0.4) is 0 Å². The zero-order valence-corrected chi connectivity index (χ0v) is 13.9. The summed E-state index contributed by atoms with van der Waals surface area (Å²) in [4.78, 5) is 26.7. The monoisotopic (exact) mass is 342 g/mol. The van der Waals surface area contributed by atoms with E-state index < -0.39 is 11.9 Å². The van der Waals surface area contributed by atoms with Crippen molar-refractivity contribution in [2.45, 2.75) is 18.9 Å². The number of likely N-dealkylation sites (tertiary alicyclic amines) is 1. The molecule has 0 unspecified atom stereocenters. The maximum absolute atomic E-state index is 13.0. The maximum atomic E-state index is 13.0. The second-order valence-electron chi connectivity index (χ2n) is 5.88. The Morgan fingerprint density at radius 1 is 1.12 bits per heavy atom. The van der Waals surface area contributed by atoms with Crippen molar-refractivity contribution in [1.29, 1.82) is 0 Å². The quantitative estimate of drug-likeness (QED) is 0.929. The second-order valence-corrected chi connectivity index (χ2v) is 5.88. The first-order valence-electron chi connectivity index (χ1n) is 8.10. The van der Waals surface area contributed by atoms with Crippen molar-refractivity contribution in [3.05, 3.63) is 59.9 Å². The van der Waals surface area contributed by atoms with Crippen molar-refractivity contribution < 1.29 is 18.7 Å². The Bertz CT molecular complexity index is 759. The zero-order chi connectivity index (χ0) is 17.8. The van der Waals surface area contributed by atoms with Crippen molar-refractivity contribution in [2.24, 2.45) is 0 Å². The molecule has 0 aliphatic carbocycles. The minimum absolute atomic E-state index is 0.224. The van der Waals surface area contributed by atoms with E-state index in [9.17, 15) is 14.0 Å². The van der Waals surface area contributed by atoms with Gasteiger partial charge in [-0.05, 0) is 61.4 Å². The van der Waals surface area contributed by atoms with E-state index >= 15 is 0 Å². The summed E-state index contributed by atoms with van der Waals surface area (Å²) < 4.78 is 18.1. The highest BCUT2D eigenvalue weighted by molar-refractivity contribution is 6.01. The number of hydrogen-bond acceptors (Lipinski definition) is 3. The Balaban J connectivity index is 1.70. The van der Waals surface area contributed by atoms with Gasteiger partial charge in [0.15, 0.2) is 0 Å². The number of carbonyl (C=O) groups excluding carboxylic acids is 2. The van der Waals surface area contributed by atoms with Gasteiger partial charge < -0.3 is 15.0 Å².